The van der Waals surface area contributed by atoms with Crippen LogP contribution in [0.15, 0.2) is 4.99 Å². The van der Waals surface area contributed by atoms with E-state index in [-0.39, 0.29) is 0 Å². The molecular formula is C10H22N4. The summed E-state index contributed by atoms with van der Waals surface area (Å²) in [6.45, 7) is 5.12. The maximum atomic E-state index is 5.84. The lowest BCUT2D eigenvalue weighted by Gasteiger charge is -2.27. The molecule has 2 N–H and O–H groups in total. The van der Waals surface area contributed by atoms with E-state index in [1.807, 2.05) is 0 Å². The summed E-state index contributed by atoms with van der Waals surface area (Å²) in [5.41, 5.74) is 5.84. The third-order valence-electron chi connectivity index (χ3n) is 2.61. The largest absolute Gasteiger partial charge is 0.370 e. The molecule has 1 rings (SSSR count). The minimum absolute atomic E-state index is 0.542. The number of nitrogens with two attached hydrogens (primary N) is 1. The normalized spacial score (nSPS) is 21.9. The summed E-state index contributed by atoms with van der Waals surface area (Å²) >= 11 is 0. The van der Waals surface area contributed by atoms with Crippen molar-refractivity contribution < 1.29 is 0 Å². The molecule has 4 heteroatoms. The van der Waals surface area contributed by atoms with Gasteiger partial charge in [-0.1, -0.05) is 13.3 Å². The van der Waals surface area contributed by atoms with E-state index in [1.165, 1.54) is 12.8 Å². The Balaban J connectivity index is 2.41. The maximum Gasteiger partial charge on any atom is 0.191 e. The molecule has 0 aromatic rings. The maximum absolute atomic E-state index is 5.84. The van der Waals surface area contributed by atoms with Crippen molar-refractivity contribution in [3.05, 3.63) is 0 Å². The Bertz CT molecular complexity index is 200. The standard InChI is InChI=1S/C10H22N4/c1-4-5-9-8-12-10(11)14(9)7-6-13(2)3/h9H,4-8H2,1-3H3,(H2,11,12). The fraction of sp³-hybridized carbons (Fsp3) is 0.900. The van der Waals surface area contributed by atoms with Crippen molar-refractivity contribution in [2.24, 2.45) is 10.7 Å². The molecule has 0 radical (unpaired) electrons. The minimum Gasteiger partial charge on any atom is -0.370 e. The van der Waals surface area contributed by atoms with Crippen LogP contribution in [-0.2, 0) is 0 Å². The van der Waals surface area contributed by atoms with Crippen LogP contribution in [0.3, 0.4) is 0 Å². The molecule has 0 saturated heterocycles. The first kappa shape index (κ1) is 11.3. The molecule has 0 bridgehead atoms. The van der Waals surface area contributed by atoms with E-state index < -0.39 is 0 Å². The molecule has 1 heterocycles. The Hall–Kier alpha value is -0.770. The van der Waals surface area contributed by atoms with Crippen LogP contribution in [-0.4, -0.2) is 55.5 Å². The number of guanidine groups is 1. The molecule has 1 atom stereocenters. The summed E-state index contributed by atoms with van der Waals surface area (Å²) in [5, 5.41) is 0. The number of rotatable bonds is 5. The molecule has 1 aliphatic heterocycles. The minimum atomic E-state index is 0.542. The summed E-state index contributed by atoms with van der Waals surface area (Å²) < 4.78 is 0. The third-order valence-corrected chi connectivity index (χ3v) is 2.61. The average molecular weight is 198 g/mol. The van der Waals surface area contributed by atoms with Crippen LogP contribution in [0.2, 0.25) is 0 Å². The van der Waals surface area contributed by atoms with Gasteiger partial charge in [0.15, 0.2) is 5.96 Å². The first-order chi connectivity index (χ1) is 6.65. The Morgan fingerprint density at radius 2 is 2.29 bits per heavy atom. The highest BCUT2D eigenvalue weighted by Crippen LogP contribution is 2.12. The fourth-order valence-electron chi connectivity index (χ4n) is 1.76. The van der Waals surface area contributed by atoms with E-state index in [0.29, 0.717) is 6.04 Å². The van der Waals surface area contributed by atoms with E-state index in [4.69, 9.17) is 5.73 Å². The molecule has 0 aromatic heterocycles. The molecule has 82 valence electrons. The van der Waals surface area contributed by atoms with Crippen molar-refractivity contribution in [1.82, 2.24) is 9.80 Å². The second-order valence-electron chi connectivity index (χ2n) is 4.14. The molecule has 0 spiro atoms. The summed E-state index contributed by atoms with van der Waals surface area (Å²) in [7, 11) is 4.16. The molecular weight excluding hydrogens is 176 g/mol. The second-order valence-corrected chi connectivity index (χ2v) is 4.14. The highest BCUT2D eigenvalue weighted by atomic mass is 15.3. The lowest BCUT2D eigenvalue weighted by atomic mass is 10.1. The van der Waals surface area contributed by atoms with Gasteiger partial charge in [-0.3, -0.25) is 4.99 Å². The molecule has 0 fully saturated rings. The van der Waals surface area contributed by atoms with E-state index in [0.717, 1.165) is 25.6 Å². The van der Waals surface area contributed by atoms with Crippen molar-refractivity contribution in [3.63, 3.8) is 0 Å². The topological polar surface area (TPSA) is 44.9 Å². The molecule has 1 aliphatic rings. The predicted octanol–water partition coefficient (Wildman–Crippen LogP) is 0.347. The van der Waals surface area contributed by atoms with Gasteiger partial charge in [0.1, 0.15) is 0 Å². The number of nitrogens with zero attached hydrogens (tertiary/aromatic N) is 3. The lowest BCUT2D eigenvalue weighted by molar-refractivity contribution is 0.280. The first-order valence-corrected chi connectivity index (χ1v) is 5.36. The van der Waals surface area contributed by atoms with E-state index in [2.05, 4.69) is 35.8 Å². The van der Waals surface area contributed by atoms with Crippen molar-refractivity contribution in [2.45, 2.75) is 25.8 Å². The van der Waals surface area contributed by atoms with Crippen LogP contribution in [0.1, 0.15) is 19.8 Å². The molecule has 0 amide bonds. The van der Waals surface area contributed by atoms with Crippen molar-refractivity contribution in [3.8, 4) is 0 Å². The van der Waals surface area contributed by atoms with Gasteiger partial charge in [0, 0.05) is 13.1 Å². The van der Waals surface area contributed by atoms with Crippen molar-refractivity contribution >= 4 is 5.96 Å². The summed E-state index contributed by atoms with van der Waals surface area (Å²) in [6, 6.07) is 0.542. The smallest absolute Gasteiger partial charge is 0.191 e. The molecule has 0 aliphatic carbocycles. The predicted molar refractivity (Wildman–Crippen MR) is 60.4 cm³/mol. The fourth-order valence-corrected chi connectivity index (χ4v) is 1.76. The zero-order valence-corrected chi connectivity index (χ0v) is 9.53. The molecule has 0 aromatic carbocycles. The van der Waals surface area contributed by atoms with E-state index >= 15 is 0 Å². The van der Waals surface area contributed by atoms with Crippen molar-refractivity contribution in [2.75, 3.05) is 33.7 Å². The van der Waals surface area contributed by atoms with E-state index in [1.54, 1.807) is 0 Å². The van der Waals surface area contributed by atoms with Gasteiger partial charge in [0.25, 0.3) is 0 Å². The van der Waals surface area contributed by atoms with Crippen LogP contribution in [0.5, 0.6) is 0 Å². The zero-order valence-electron chi connectivity index (χ0n) is 9.53. The van der Waals surface area contributed by atoms with Gasteiger partial charge in [-0.15, -0.1) is 0 Å². The summed E-state index contributed by atoms with van der Waals surface area (Å²) in [4.78, 5) is 8.71. The van der Waals surface area contributed by atoms with Crippen LogP contribution >= 0.6 is 0 Å². The van der Waals surface area contributed by atoms with Crippen LogP contribution in [0.4, 0.5) is 0 Å². The highest BCUT2D eigenvalue weighted by molar-refractivity contribution is 5.80. The Morgan fingerprint density at radius 1 is 1.57 bits per heavy atom. The molecule has 1 unspecified atom stereocenters. The Morgan fingerprint density at radius 3 is 2.86 bits per heavy atom. The van der Waals surface area contributed by atoms with Crippen LogP contribution < -0.4 is 5.73 Å². The van der Waals surface area contributed by atoms with Gasteiger partial charge in [-0.2, -0.15) is 0 Å². The lowest BCUT2D eigenvalue weighted by Crippen LogP contribution is -2.44. The number of aliphatic imine (C=N–C) groups is 1. The summed E-state index contributed by atoms with van der Waals surface area (Å²) in [5.74, 6) is 0.727. The Kier molecular flexibility index (Phi) is 4.20. The molecule has 4 nitrogen and oxygen atoms in total. The summed E-state index contributed by atoms with van der Waals surface area (Å²) in [6.07, 6.45) is 2.39. The molecule has 0 saturated carbocycles. The van der Waals surface area contributed by atoms with Crippen LogP contribution in [0, 0.1) is 0 Å². The van der Waals surface area contributed by atoms with Gasteiger partial charge < -0.3 is 15.5 Å². The number of hydrogen-bond donors (Lipinski definition) is 1. The van der Waals surface area contributed by atoms with Gasteiger partial charge in [-0.25, -0.2) is 0 Å². The van der Waals surface area contributed by atoms with Crippen molar-refractivity contribution in [1.29, 1.82) is 0 Å². The number of hydrogen-bond acceptors (Lipinski definition) is 4. The Labute approximate surface area is 86.8 Å². The number of likely N-dealkylation sites (N-methyl/N-ethyl adjacent to an activating group) is 1. The monoisotopic (exact) mass is 198 g/mol. The van der Waals surface area contributed by atoms with Gasteiger partial charge in [0.2, 0.25) is 0 Å². The van der Waals surface area contributed by atoms with Gasteiger partial charge >= 0.3 is 0 Å². The SMILES string of the molecule is CCCC1CN=C(N)N1CCN(C)C. The van der Waals surface area contributed by atoms with Gasteiger partial charge in [-0.05, 0) is 20.5 Å². The molecule has 14 heavy (non-hydrogen) atoms. The second kappa shape index (κ2) is 5.20. The van der Waals surface area contributed by atoms with Gasteiger partial charge in [0.05, 0.1) is 12.6 Å². The van der Waals surface area contributed by atoms with Crippen LogP contribution in [0.25, 0.3) is 0 Å². The first-order valence-electron chi connectivity index (χ1n) is 5.36. The highest BCUT2D eigenvalue weighted by Gasteiger charge is 2.24. The van der Waals surface area contributed by atoms with E-state index in [9.17, 15) is 0 Å². The zero-order chi connectivity index (χ0) is 10.6. The quantitative estimate of drug-likeness (QED) is 0.693. The third kappa shape index (κ3) is 2.87. The average Bonchev–Trinajstić information content (AvgIpc) is 2.45.